The first-order chi connectivity index (χ1) is 13.4. The number of hydrogen-bond acceptors (Lipinski definition) is 4. The van der Waals surface area contributed by atoms with Gasteiger partial charge in [0.2, 0.25) is 0 Å². The molecule has 0 unspecified atom stereocenters. The Kier molecular flexibility index (Phi) is 6.34. The van der Waals surface area contributed by atoms with E-state index in [-0.39, 0.29) is 12.6 Å². The number of likely N-dealkylation sites (N-methyl/N-ethyl adjacent to an activating group) is 1. The summed E-state index contributed by atoms with van der Waals surface area (Å²) in [6.45, 7) is 6.52. The Hall–Kier alpha value is -2.41. The van der Waals surface area contributed by atoms with E-state index in [1.165, 1.54) is 17.0 Å². The zero-order valence-corrected chi connectivity index (χ0v) is 16.7. The van der Waals surface area contributed by atoms with E-state index in [9.17, 15) is 14.0 Å². The molecular formula is C21H28FN3O3. The molecule has 0 aromatic heterocycles. The van der Waals surface area contributed by atoms with Crippen molar-refractivity contribution in [2.45, 2.75) is 32.7 Å². The van der Waals surface area contributed by atoms with E-state index in [4.69, 9.17) is 4.74 Å². The average molecular weight is 389 g/mol. The van der Waals surface area contributed by atoms with Crippen LogP contribution in [-0.4, -0.2) is 55.1 Å². The van der Waals surface area contributed by atoms with Gasteiger partial charge in [-0.05, 0) is 56.5 Å². The van der Waals surface area contributed by atoms with Gasteiger partial charge in [-0.1, -0.05) is 19.1 Å². The molecule has 28 heavy (non-hydrogen) atoms. The zero-order valence-electron chi connectivity index (χ0n) is 16.7. The molecule has 2 aliphatic rings. The number of urea groups is 1. The summed E-state index contributed by atoms with van der Waals surface area (Å²) in [4.78, 5) is 29.2. The maximum Gasteiger partial charge on any atom is 0.338 e. The number of ether oxygens (including phenoxy) is 1. The number of carbonyl (C=O) groups excluding carboxylic acids is 2. The normalized spacial score (nSPS) is 21.6. The van der Waals surface area contributed by atoms with Crippen molar-refractivity contribution in [1.29, 1.82) is 0 Å². The lowest BCUT2D eigenvalue weighted by atomic mass is 9.93. The Morgan fingerprint density at radius 1 is 1.32 bits per heavy atom. The number of likely N-dealkylation sites (tertiary alicyclic amines) is 1. The number of piperidine rings is 1. The summed E-state index contributed by atoms with van der Waals surface area (Å²) >= 11 is 0. The Morgan fingerprint density at radius 2 is 2.04 bits per heavy atom. The van der Waals surface area contributed by atoms with Gasteiger partial charge in [-0.2, -0.15) is 0 Å². The third-order valence-electron chi connectivity index (χ3n) is 5.50. The fourth-order valence-electron chi connectivity index (χ4n) is 3.77. The summed E-state index contributed by atoms with van der Waals surface area (Å²) in [6.07, 6.45) is 2.18. The summed E-state index contributed by atoms with van der Waals surface area (Å²) in [5, 5.41) is 2.82. The zero-order chi connectivity index (χ0) is 20.3. The van der Waals surface area contributed by atoms with Crippen molar-refractivity contribution in [3.63, 3.8) is 0 Å². The highest BCUT2D eigenvalue weighted by Gasteiger charge is 2.37. The predicted molar refractivity (Wildman–Crippen MR) is 104 cm³/mol. The highest BCUT2D eigenvalue weighted by molar-refractivity contribution is 5.95. The van der Waals surface area contributed by atoms with E-state index in [1.54, 1.807) is 26.1 Å². The van der Waals surface area contributed by atoms with E-state index in [2.05, 4.69) is 17.1 Å². The second-order valence-corrected chi connectivity index (χ2v) is 7.54. The van der Waals surface area contributed by atoms with E-state index in [1.807, 2.05) is 0 Å². The van der Waals surface area contributed by atoms with Crippen LogP contribution in [0.1, 0.15) is 38.3 Å². The van der Waals surface area contributed by atoms with Gasteiger partial charge in [0.15, 0.2) is 0 Å². The van der Waals surface area contributed by atoms with Crippen LogP contribution in [0.2, 0.25) is 0 Å². The third-order valence-corrected chi connectivity index (χ3v) is 5.50. The maximum absolute atomic E-state index is 13.8. The van der Waals surface area contributed by atoms with Crippen molar-refractivity contribution < 1.29 is 18.7 Å². The van der Waals surface area contributed by atoms with Crippen LogP contribution in [0.15, 0.2) is 35.5 Å². The molecule has 1 atom stereocenters. The first-order valence-corrected chi connectivity index (χ1v) is 9.83. The second kappa shape index (κ2) is 8.73. The Bertz CT molecular complexity index is 772. The number of nitrogens with one attached hydrogen (secondary N) is 1. The van der Waals surface area contributed by atoms with Gasteiger partial charge in [0, 0.05) is 19.3 Å². The molecule has 2 amide bonds. The lowest BCUT2D eigenvalue weighted by molar-refractivity contribution is -0.139. The van der Waals surface area contributed by atoms with Crippen molar-refractivity contribution in [2.24, 2.45) is 5.92 Å². The summed E-state index contributed by atoms with van der Waals surface area (Å²) in [6, 6.07) is 4.90. The highest BCUT2D eigenvalue weighted by atomic mass is 19.1. The molecule has 2 heterocycles. The molecule has 0 saturated carbocycles. The van der Waals surface area contributed by atoms with E-state index >= 15 is 0 Å². The molecule has 0 aliphatic carbocycles. The van der Waals surface area contributed by atoms with E-state index < -0.39 is 17.8 Å². The lowest BCUT2D eigenvalue weighted by Crippen LogP contribution is -2.50. The fraction of sp³-hybridized carbons (Fsp3) is 0.524. The van der Waals surface area contributed by atoms with E-state index in [0.717, 1.165) is 25.9 Å². The van der Waals surface area contributed by atoms with Crippen LogP contribution in [-0.2, 0) is 9.53 Å². The molecule has 3 rings (SSSR count). The molecule has 1 aromatic carbocycles. The van der Waals surface area contributed by atoms with Crippen molar-refractivity contribution in [1.82, 2.24) is 15.1 Å². The van der Waals surface area contributed by atoms with Crippen molar-refractivity contribution >= 4 is 12.0 Å². The van der Waals surface area contributed by atoms with E-state index in [0.29, 0.717) is 29.3 Å². The van der Waals surface area contributed by atoms with Gasteiger partial charge in [-0.15, -0.1) is 0 Å². The van der Waals surface area contributed by atoms with Crippen LogP contribution in [0, 0.1) is 11.7 Å². The van der Waals surface area contributed by atoms with Crippen LogP contribution < -0.4 is 5.32 Å². The third kappa shape index (κ3) is 4.35. The summed E-state index contributed by atoms with van der Waals surface area (Å²) in [5.74, 6) is -0.216. The summed E-state index contributed by atoms with van der Waals surface area (Å²) in [5.41, 5.74) is 1.51. The Labute approximate surface area is 165 Å². The average Bonchev–Trinajstić information content (AvgIpc) is 2.67. The molecule has 0 bridgehead atoms. The largest absolute Gasteiger partial charge is 0.463 e. The quantitative estimate of drug-likeness (QED) is 0.787. The molecule has 1 saturated heterocycles. The maximum atomic E-state index is 13.8. The van der Waals surface area contributed by atoms with Crippen LogP contribution in [0.3, 0.4) is 0 Å². The number of nitrogens with zero attached hydrogens (tertiary/aromatic N) is 2. The molecule has 152 valence electrons. The highest BCUT2D eigenvalue weighted by Crippen LogP contribution is 2.32. The molecule has 1 aromatic rings. The lowest BCUT2D eigenvalue weighted by Gasteiger charge is -2.38. The van der Waals surface area contributed by atoms with Gasteiger partial charge in [-0.3, -0.25) is 9.80 Å². The fourth-order valence-corrected chi connectivity index (χ4v) is 3.77. The number of benzene rings is 1. The number of rotatable bonds is 5. The predicted octanol–water partition coefficient (Wildman–Crippen LogP) is 3.07. The SMILES string of the molecule is CCOC(=O)C1=C(CN2CCC(C)CC2)N(C)C(=O)N[C@@H]1c1cccc(F)c1. The van der Waals surface area contributed by atoms with Crippen LogP contribution in [0.5, 0.6) is 0 Å². The number of hydrogen-bond donors (Lipinski definition) is 1. The minimum atomic E-state index is -0.739. The molecule has 1 N–H and O–H groups in total. The number of carbonyl (C=O) groups is 2. The molecule has 2 aliphatic heterocycles. The molecular weight excluding hydrogens is 361 g/mol. The van der Waals surface area contributed by atoms with Gasteiger partial charge in [0.05, 0.1) is 18.2 Å². The minimum absolute atomic E-state index is 0.227. The van der Waals surface area contributed by atoms with Gasteiger partial charge in [0.1, 0.15) is 5.82 Å². The number of amides is 2. The first-order valence-electron chi connectivity index (χ1n) is 9.83. The van der Waals surface area contributed by atoms with Gasteiger partial charge < -0.3 is 10.1 Å². The molecule has 0 radical (unpaired) electrons. The molecule has 1 fully saturated rings. The summed E-state index contributed by atoms with van der Waals surface area (Å²) < 4.78 is 19.1. The topological polar surface area (TPSA) is 61.9 Å². The summed E-state index contributed by atoms with van der Waals surface area (Å²) in [7, 11) is 1.65. The van der Waals surface area contributed by atoms with Crippen LogP contribution in [0.4, 0.5) is 9.18 Å². The van der Waals surface area contributed by atoms with Crippen molar-refractivity contribution in [2.75, 3.05) is 33.3 Å². The van der Waals surface area contributed by atoms with Crippen molar-refractivity contribution in [3.05, 3.63) is 46.9 Å². The van der Waals surface area contributed by atoms with Crippen LogP contribution in [0.25, 0.3) is 0 Å². The number of halogens is 1. The van der Waals surface area contributed by atoms with Gasteiger partial charge >= 0.3 is 12.0 Å². The Balaban J connectivity index is 2.02. The second-order valence-electron chi connectivity index (χ2n) is 7.54. The van der Waals surface area contributed by atoms with Crippen molar-refractivity contribution in [3.8, 4) is 0 Å². The smallest absolute Gasteiger partial charge is 0.338 e. The van der Waals surface area contributed by atoms with Gasteiger partial charge in [-0.25, -0.2) is 14.0 Å². The standard InChI is InChI=1S/C21H28FN3O3/c1-4-28-20(26)18-17(13-25-10-8-14(2)9-11-25)24(3)21(27)23-19(18)15-6-5-7-16(22)12-15/h5-7,12,14,19H,4,8-11,13H2,1-3H3,(H,23,27)/t19-/m1/s1. The van der Waals surface area contributed by atoms with Gasteiger partial charge in [0.25, 0.3) is 0 Å². The van der Waals surface area contributed by atoms with Crippen LogP contribution >= 0.6 is 0 Å². The molecule has 6 nitrogen and oxygen atoms in total. The monoisotopic (exact) mass is 389 g/mol. The Morgan fingerprint density at radius 3 is 2.68 bits per heavy atom. The molecule has 7 heteroatoms. The number of esters is 1. The molecule has 0 spiro atoms. The minimum Gasteiger partial charge on any atom is -0.463 e. The first kappa shape index (κ1) is 20.3.